The predicted octanol–water partition coefficient (Wildman–Crippen LogP) is 4.23. The Bertz CT molecular complexity index is 1590. The van der Waals surface area contributed by atoms with Gasteiger partial charge in [-0.05, 0) is 49.4 Å². The Kier molecular flexibility index (Phi) is 6.48. The van der Waals surface area contributed by atoms with Gasteiger partial charge in [-0.25, -0.2) is 9.67 Å². The first-order chi connectivity index (χ1) is 17.6. The molecule has 5 aromatic rings. The minimum atomic E-state index is -0.218. The predicted molar refractivity (Wildman–Crippen MR) is 139 cm³/mol. The number of benzene rings is 2. The fourth-order valence-electron chi connectivity index (χ4n) is 3.95. The Morgan fingerprint density at radius 3 is 2.64 bits per heavy atom. The largest absolute Gasteiger partial charge is 0.332 e. The van der Waals surface area contributed by atoms with Crippen LogP contribution < -0.4 is 5.56 Å². The molecular formula is C28H24N6O2. The molecule has 0 unspecified atom stereocenters. The van der Waals surface area contributed by atoms with Crippen LogP contribution in [-0.4, -0.2) is 42.1 Å². The van der Waals surface area contributed by atoms with E-state index in [-0.39, 0.29) is 18.0 Å². The zero-order valence-electron chi connectivity index (χ0n) is 19.7. The second-order valence-electron chi connectivity index (χ2n) is 8.17. The van der Waals surface area contributed by atoms with Crippen LogP contribution in [0.5, 0.6) is 0 Å². The maximum Gasteiger partial charge on any atom is 0.258 e. The summed E-state index contributed by atoms with van der Waals surface area (Å²) in [5, 5.41) is 5.27. The SMILES string of the molecule is CCN(Cc1nc2ccccc2c(=O)[nH]1)C(=O)/C=C/c1cn(-c2ccccc2)nc1-c1cccnc1. The molecule has 0 aliphatic heterocycles. The van der Waals surface area contributed by atoms with Gasteiger partial charge >= 0.3 is 0 Å². The van der Waals surface area contributed by atoms with Crippen LogP contribution in [-0.2, 0) is 11.3 Å². The van der Waals surface area contributed by atoms with Crippen molar-refractivity contribution >= 4 is 22.9 Å². The Hall–Kier alpha value is -4.85. The molecule has 178 valence electrons. The molecule has 5 rings (SSSR count). The van der Waals surface area contributed by atoms with E-state index in [1.807, 2.05) is 61.7 Å². The van der Waals surface area contributed by atoms with Crippen molar-refractivity contribution < 1.29 is 4.79 Å². The van der Waals surface area contributed by atoms with Gasteiger partial charge in [-0.2, -0.15) is 5.10 Å². The minimum Gasteiger partial charge on any atom is -0.332 e. The van der Waals surface area contributed by atoms with Gasteiger partial charge in [0.25, 0.3) is 5.56 Å². The summed E-state index contributed by atoms with van der Waals surface area (Å²) in [6.07, 6.45) is 8.63. The smallest absolute Gasteiger partial charge is 0.258 e. The highest BCUT2D eigenvalue weighted by atomic mass is 16.2. The number of hydrogen-bond acceptors (Lipinski definition) is 5. The van der Waals surface area contributed by atoms with Crippen LogP contribution in [0.15, 0.2) is 96.2 Å². The molecule has 3 heterocycles. The lowest BCUT2D eigenvalue weighted by Crippen LogP contribution is -2.30. The van der Waals surface area contributed by atoms with Crippen molar-refractivity contribution in [2.45, 2.75) is 13.5 Å². The van der Waals surface area contributed by atoms with Crippen LogP contribution in [0.25, 0.3) is 33.9 Å². The molecule has 0 saturated heterocycles. The van der Waals surface area contributed by atoms with Crippen LogP contribution in [0.2, 0.25) is 0 Å². The van der Waals surface area contributed by atoms with E-state index in [2.05, 4.69) is 15.0 Å². The lowest BCUT2D eigenvalue weighted by molar-refractivity contribution is -0.126. The highest BCUT2D eigenvalue weighted by Crippen LogP contribution is 2.24. The van der Waals surface area contributed by atoms with E-state index < -0.39 is 0 Å². The van der Waals surface area contributed by atoms with E-state index >= 15 is 0 Å². The number of amides is 1. The number of para-hydroxylation sites is 2. The summed E-state index contributed by atoms with van der Waals surface area (Å²) in [5.74, 6) is 0.244. The molecule has 8 heteroatoms. The average Bonchev–Trinajstić information content (AvgIpc) is 3.36. The molecule has 2 aromatic carbocycles. The second-order valence-corrected chi connectivity index (χ2v) is 8.17. The van der Waals surface area contributed by atoms with E-state index in [9.17, 15) is 9.59 Å². The number of pyridine rings is 1. The Morgan fingerprint density at radius 2 is 1.86 bits per heavy atom. The molecule has 0 bridgehead atoms. The number of H-pyrrole nitrogens is 1. The molecule has 3 aromatic heterocycles. The number of fused-ring (bicyclic) bond motifs is 1. The number of carbonyl (C=O) groups excluding carboxylic acids is 1. The zero-order chi connectivity index (χ0) is 24.9. The Balaban J connectivity index is 1.42. The molecule has 0 spiro atoms. The van der Waals surface area contributed by atoms with E-state index in [0.717, 1.165) is 22.5 Å². The van der Waals surface area contributed by atoms with Crippen molar-refractivity contribution in [1.29, 1.82) is 0 Å². The van der Waals surface area contributed by atoms with Gasteiger partial charge in [0.05, 0.1) is 23.1 Å². The molecule has 36 heavy (non-hydrogen) atoms. The quantitative estimate of drug-likeness (QED) is 0.355. The van der Waals surface area contributed by atoms with Crippen LogP contribution >= 0.6 is 0 Å². The Morgan fingerprint density at radius 1 is 1.06 bits per heavy atom. The fraction of sp³-hybridized carbons (Fsp3) is 0.107. The Labute approximate surface area is 207 Å². The molecule has 0 aliphatic rings. The summed E-state index contributed by atoms with van der Waals surface area (Å²) >= 11 is 0. The highest BCUT2D eigenvalue weighted by Gasteiger charge is 2.14. The lowest BCUT2D eigenvalue weighted by atomic mass is 10.1. The fourth-order valence-corrected chi connectivity index (χ4v) is 3.95. The van der Waals surface area contributed by atoms with Crippen LogP contribution in [0.4, 0.5) is 0 Å². The van der Waals surface area contributed by atoms with E-state index in [1.165, 1.54) is 6.08 Å². The van der Waals surface area contributed by atoms with E-state index in [0.29, 0.717) is 23.3 Å². The first-order valence-corrected chi connectivity index (χ1v) is 11.6. The van der Waals surface area contributed by atoms with Crippen molar-refractivity contribution in [2.24, 2.45) is 0 Å². The number of carbonyl (C=O) groups is 1. The van der Waals surface area contributed by atoms with Crippen molar-refractivity contribution in [1.82, 2.24) is 29.6 Å². The van der Waals surface area contributed by atoms with Crippen LogP contribution in [0.3, 0.4) is 0 Å². The van der Waals surface area contributed by atoms with Crippen molar-refractivity contribution in [3.63, 3.8) is 0 Å². The summed E-state index contributed by atoms with van der Waals surface area (Å²) < 4.78 is 1.79. The number of hydrogen-bond donors (Lipinski definition) is 1. The van der Waals surface area contributed by atoms with Crippen molar-refractivity contribution in [2.75, 3.05) is 6.54 Å². The molecule has 0 fully saturated rings. The molecule has 0 aliphatic carbocycles. The van der Waals surface area contributed by atoms with Gasteiger partial charge in [0, 0.05) is 42.3 Å². The summed E-state index contributed by atoms with van der Waals surface area (Å²) in [7, 11) is 0. The summed E-state index contributed by atoms with van der Waals surface area (Å²) in [6.45, 7) is 2.54. The maximum atomic E-state index is 13.1. The first kappa shape index (κ1) is 22.9. The number of aromatic nitrogens is 5. The highest BCUT2D eigenvalue weighted by molar-refractivity contribution is 5.92. The van der Waals surface area contributed by atoms with Gasteiger partial charge < -0.3 is 9.88 Å². The number of nitrogens with one attached hydrogen (secondary N) is 1. The molecule has 1 N–H and O–H groups in total. The van der Waals surface area contributed by atoms with Crippen molar-refractivity contribution in [3.05, 3.63) is 113 Å². The normalized spacial score (nSPS) is 11.2. The molecule has 1 amide bonds. The van der Waals surface area contributed by atoms with Gasteiger partial charge in [0.15, 0.2) is 0 Å². The molecule has 0 radical (unpaired) electrons. The standard InChI is InChI=1S/C28H24N6O2/c1-2-33(19-25-30-24-13-7-6-12-23(24)28(36)31-25)26(35)15-14-21-18-34(22-10-4-3-5-11-22)32-27(21)20-9-8-16-29-17-20/h3-18H,2,19H2,1H3,(H,30,31,36)/b15-14+. The first-order valence-electron chi connectivity index (χ1n) is 11.6. The van der Waals surface area contributed by atoms with E-state index in [4.69, 9.17) is 5.10 Å². The summed E-state index contributed by atoms with van der Waals surface area (Å²) in [5.41, 5.74) is 3.65. The average molecular weight is 477 g/mol. The summed E-state index contributed by atoms with van der Waals surface area (Å²) in [6, 6.07) is 20.7. The third kappa shape index (κ3) is 4.83. The molecular weight excluding hydrogens is 452 g/mol. The van der Waals surface area contributed by atoms with Gasteiger partial charge in [-0.15, -0.1) is 0 Å². The van der Waals surface area contributed by atoms with Gasteiger partial charge in [-0.3, -0.25) is 14.6 Å². The van der Waals surface area contributed by atoms with Crippen LogP contribution in [0.1, 0.15) is 18.3 Å². The maximum absolute atomic E-state index is 13.1. The van der Waals surface area contributed by atoms with Gasteiger partial charge in [0.2, 0.25) is 5.91 Å². The lowest BCUT2D eigenvalue weighted by Gasteiger charge is -2.18. The zero-order valence-corrected chi connectivity index (χ0v) is 19.7. The van der Waals surface area contributed by atoms with Crippen molar-refractivity contribution in [3.8, 4) is 16.9 Å². The monoisotopic (exact) mass is 476 g/mol. The van der Waals surface area contributed by atoms with Gasteiger partial charge in [0.1, 0.15) is 11.5 Å². The third-order valence-electron chi connectivity index (χ3n) is 5.80. The molecule has 0 saturated carbocycles. The number of nitrogens with zero attached hydrogens (tertiary/aromatic N) is 5. The number of likely N-dealkylation sites (N-methyl/N-ethyl adjacent to an activating group) is 1. The topological polar surface area (TPSA) is 96.8 Å². The minimum absolute atomic E-state index is 0.193. The third-order valence-corrected chi connectivity index (χ3v) is 5.80. The second kappa shape index (κ2) is 10.2. The number of aromatic amines is 1. The van der Waals surface area contributed by atoms with E-state index in [1.54, 1.807) is 46.3 Å². The van der Waals surface area contributed by atoms with Gasteiger partial charge in [-0.1, -0.05) is 30.3 Å². The molecule has 8 nitrogen and oxygen atoms in total. The summed E-state index contributed by atoms with van der Waals surface area (Å²) in [4.78, 5) is 38.7. The van der Waals surface area contributed by atoms with Crippen LogP contribution in [0, 0.1) is 0 Å². The number of rotatable bonds is 7. The molecule has 0 atom stereocenters.